The molecule has 3 atom stereocenters. The molecular weight excluding hydrogens is 236 g/mol. The van der Waals surface area contributed by atoms with Crippen LogP contribution < -0.4 is 0 Å². The van der Waals surface area contributed by atoms with Crippen molar-refractivity contribution in [1.29, 1.82) is 0 Å². The molecule has 3 unspecified atom stereocenters. The van der Waals surface area contributed by atoms with Gasteiger partial charge in [-0.15, -0.1) is 0 Å². The first-order chi connectivity index (χ1) is 8.50. The normalized spacial score (nSPS) is 32.1. The van der Waals surface area contributed by atoms with Crippen LogP contribution in [-0.4, -0.2) is 28.9 Å². The molecule has 0 aromatic heterocycles. The standard InChI is InChI=1S/C13H16O5/c1-7(12(15)16)11-6-10(14)8-4-2-3-5-9(8)13(17)18-11/h8-9,11H,1-6H2,(H,15,16). The highest BCUT2D eigenvalue weighted by Crippen LogP contribution is 2.36. The SMILES string of the molecule is C=C(C(=O)O)C1CC(=O)C2CCCCC2C(=O)O1. The molecule has 1 aliphatic carbocycles. The Hall–Kier alpha value is -1.65. The van der Waals surface area contributed by atoms with Crippen molar-refractivity contribution in [3.63, 3.8) is 0 Å². The molecular formula is C13H16O5. The summed E-state index contributed by atoms with van der Waals surface area (Å²) in [7, 11) is 0. The van der Waals surface area contributed by atoms with Crippen molar-refractivity contribution < 1.29 is 24.2 Å². The Morgan fingerprint density at radius 1 is 1.22 bits per heavy atom. The van der Waals surface area contributed by atoms with Gasteiger partial charge in [-0.2, -0.15) is 0 Å². The van der Waals surface area contributed by atoms with E-state index in [2.05, 4.69) is 6.58 Å². The molecule has 98 valence electrons. The monoisotopic (exact) mass is 252 g/mol. The first-order valence-corrected chi connectivity index (χ1v) is 6.16. The number of carbonyl (C=O) groups excluding carboxylic acids is 2. The van der Waals surface area contributed by atoms with Crippen LogP contribution >= 0.6 is 0 Å². The Morgan fingerprint density at radius 3 is 2.44 bits per heavy atom. The summed E-state index contributed by atoms with van der Waals surface area (Å²) < 4.78 is 5.13. The lowest BCUT2D eigenvalue weighted by molar-refractivity contribution is -0.154. The molecule has 1 N–H and O–H groups in total. The molecule has 1 aliphatic heterocycles. The average Bonchev–Trinajstić information content (AvgIpc) is 2.47. The number of carboxylic acids is 1. The lowest BCUT2D eigenvalue weighted by Crippen LogP contribution is -2.30. The molecule has 2 rings (SSSR count). The van der Waals surface area contributed by atoms with Crippen LogP contribution in [0.3, 0.4) is 0 Å². The van der Waals surface area contributed by atoms with Crippen LogP contribution in [0.1, 0.15) is 32.1 Å². The van der Waals surface area contributed by atoms with E-state index in [1.54, 1.807) is 0 Å². The van der Waals surface area contributed by atoms with Crippen LogP contribution in [0.4, 0.5) is 0 Å². The fourth-order valence-electron chi connectivity index (χ4n) is 2.73. The molecule has 5 heteroatoms. The summed E-state index contributed by atoms with van der Waals surface area (Å²) in [6, 6.07) is 0. The minimum absolute atomic E-state index is 0.0575. The van der Waals surface area contributed by atoms with E-state index in [1.165, 1.54) is 0 Å². The number of carbonyl (C=O) groups is 3. The molecule has 0 radical (unpaired) electrons. The summed E-state index contributed by atoms with van der Waals surface area (Å²) in [5, 5.41) is 8.86. The van der Waals surface area contributed by atoms with Crippen LogP contribution in [0.25, 0.3) is 0 Å². The second-order valence-electron chi connectivity index (χ2n) is 4.92. The third-order valence-electron chi connectivity index (χ3n) is 3.79. The number of hydrogen-bond acceptors (Lipinski definition) is 4. The summed E-state index contributed by atoms with van der Waals surface area (Å²) in [5.74, 6) is -2.43. The van der Waals surface area contributed by atoms with Gasteiger partial charge in [0.1, 0.15) is 11.9 Å². The van der Waals surface area contributed by atoms with Crippen molar-refractivity contribution in [2.45, 2.75) is 38.2 Å². The lowest BCUT2D eigenvalue weighted by Gasteiger charge is -2.25. The minimum Gasteiger partial charge on any atom is -0.478 e. The molecule has 0 amide bonds. The van der Waals surface area contributed by atoms with Crippen molar-refractivity contribution in [2.75, 3.05) is 0 Å². The van der Waals surface area contributed by atoms with Gasteiger partial charge in [0.15, 0.2) is 0 Å². The summed E-state index contributed by atoms with van der Waals surface area (Å²) in [4.78, 5) is 34.8. The first kappa shape index (κ1) is 12.8. The topological polar surface area (TPSA) is 80.7 Å². The summed E-state index contributed by atoms with van der Waals surface area (Å²) in [6.07, 6.45) is 2.14. The van der Waals surface area contributed by atoms with Gasteiger partial charge in [0.05, 0.1) is 11.5 Å². The number of hydrogen-bond donors (Lipinski definition) is 1. The molecule has 0 spiro atoms. The van der Waals surface area contributed by atoms with Gasteiger partial charge >= 0.3 is 11.9 Å². The smallest absolute Gasteiger partial charge is 0.334 e. The van der Waals surface area contributed by atoms with Crippen LogP contribution in [0.2, 0.25) is 0 Å². The van der Waals surface area contributed by atoms with E-state index < -0.39 is 24.0 Å². The van der Waals surface area contributed by atoms with E-state index in [9.17, 15) is 14.4 Å². The number of aliphatic carboxylic acids is 1. The van der Waals surface area contributed by atoms with Gasteiger partial charge < -0.3 is 9.84 Å². The van der Waals surface area contributed by atoms with Crippen molar-refractivity contribution in [1.82, 2.24) is 0 Å². The zero-order chi connectivity index (χ0) is 13.3. The van der Waals surface area contributed by atoms with Crippen LogP contribution in [0, 0.1) is 11.8 Å². The molecule has 1 heterocycles. The number of ether oxygens (including phenoxy) is 1. The summed E-state index contributed by atoms with van der Waals surface area (Å²) in [5.41, 5.74) is -0.227. The highest BCUT2D eigenvalue weighted by molar-refractivity contribution is 5.93. The lowest BCUT2D eigenvalue weighted by atomic mass is 9.76. The Morgan fingerprint density at radius 2 is 1.83 bits per heavy atom. The van der Waals surface area contributed by atoms with Gasteiger partial charge in [-0.1, -0.05) is 19.4 Å². The van der Waals surface area contributed by atoms with Gasteiger partial charge in [-0.25, -0.2) is 4.79 Å². The molecule has 0 bridgehead atoms. The number of carboxylic acid groups (broad SMARTS) is 1. The number of rotatable bonds is 2. The second-order valence-corrected chi connectivity index (χ2v) is 4.92. The highest BCUT2D eigenvalue weighted by atomic mass is 16.5. The molecule has 0 aromatic rings. The summed E-state index contributed by atoms with van der Waals surface area (Å²) in [6.45, 7) is 3.38. The number of esters is 1. The van der Waals surface area contributed by atoms with Crippen LogP contribution in [0.15, 0.2) is 12.2 Å². The van der Waals surface area contributed by atoms with Gasteiger partial charge in [0.25, 0.3) is 0 Å². The van der Waals surface area contributed by atoms with Gasteiger partial charge in [-0.05, 0) is 12.8 Å². The van der Waals surface area contributed by atoms with Gasteiger partial charge in [0, 0.05) is 12.3 Å². The van der Waals surface area contributed by atoms with Crippen molar-refractivity contribution in [3.05, 3.63) is 12.2 Å². The van der Waals surface area contributed by atoms with Gasteiger partial charge in [0.2, 0.25) is 0 Å². The quantitative estimate of drug-likeness (QED) is 0.592. The maximum atomic E-state index is 12.1. The average molecular weight is 252 g/mol. The van der Waals surface area contributed by atoms with E-state index in [4.69, 9.17) is 9.84 Å². The number of cyclic esters (lactones) is 1. The number of Topliss-reactive ketones (excluding diaryl/α,β-unsaturated/α-hetero) is 1. The van der Waals surface area contributed by atoms with E-state index in [-0.39, 0.29) is 23.7 Å². The van der Waals surface area contributed by atoms with Crippen molar-refractivity contribution >= 4 is 17.7 Å². The molecule has 5 nitrogen and oxygen atoms in total. The molecule has 1 saturated carbocycles. The van der Waals surface area contributed by atoms with Crippen LogP contribution in [-0.2, 0) is 19.1 Å². The van der Waals surface area contributed by atoms with E-state index >= 15 is 0 Å². The van der Waals surface area contributed by atoms with Crippen LogP contribution in [0.5, 0.6) is 0 Å². The Kier molecular flexibility index (Phi) is 3.50. The Bertz CT molecular complexity index is 386. The molecule has 1 saturated heterocycles. The fourth-order valence-corrected chi connectivity index (χ4v) is 2.73. The molecule has 2 aliphatic rings. The number of fused-ring (bicyclic) bond motifs is 1. The third-order valence-corrected chi connectivity index (χ3v) is 3.79. The number of ketones is 1. The van der Waals surface area contributed by atoms with E-state index in [0.29, 0.717) is 12.8 Å². The zero-order valence-electron chi connectivity index (χ0n) is 10.1. The molecule has 2 fully saturated rings. The van der Waals surface area contributed by atoms with Crippen molar-refractivity contribution in [2.24, 2.45) is 11.8 Å². The maximum Gasteiger partial charge on any atom is 0.334 e. The highest BCUT2D eigenvalue weighted by Gasteiger charge is 2.42. The minimum atomic E-state index is -1.23. The predicted molar refractivity (Wildman–Crippen MR) is 61.7 cm³/mol. The molecule has 18 heavy (non-hydrogen) atoms. The first-order valence-electron chi connectivity index (χ1n) is 6.16. The Balaban J connectivity index is 2.21. The third kappa shape index (κ3) is 2.30. The molecule has 0 aromatic carbocycles. The second kappa shape index (κ2) is 4.92. The Labute approximate surface area is 105 Å². The van der Waals surface area contributed by atoms with E-state index in [0.717, 1.165) is 12.8 Å². The van der Waals surface area contributed by atoms with Crippen molar-refractivity contribution in [3.8, 4) is 0 Å². The van der Waals surface area contributed by atoms with Gasteiger partial charge in [-0.3, -0.25) is 9.59 Å². The maximum absolute atomic E-state index is 12.1. The predicted octanol–water partition coefficient (Wildman–Crippen LogP) is 1.32. The largest absolute Gasteiger partial charge is 0.478 e. The summed E-state index contributed by atoms with van der Waals surface area (Å²) >= 11 is 0. The fraction of sp³-hybridized carbons (Fsp3) is 0.615. The zero-order valence-corrected chi connectivity index (χ0v) is 10.1. The van der Waals surface area contributed by atoms with E-state index in [1.807, 2.05) is 0 Å².